The van der Waals surface area contributed by atoms with E-state index < -0.39 is 25.8 Å². The predicted octanol–water partition coefficient (Wildman–Crippen LogP) is 2.02. The monoisotopic (exact) mass is 299 g/mol. The van der Waals surface area contributed by atoms with E-state index in [1.165, 1.54) is 6.08 Å². The van der Waals surface area contributed by atoms with Crippen molar-refractivity contribution < 1.29 is 9.59 Å². The highest BCUT2D eigenvalue weighted by molar-refractivity contribution is 7.83. The number of fused-ring (bicyclic) bond motifs is 1. The molecule has 0 aromatic rings. The molecule has 0 spiro atoms. The number of hydrogen-bond acceptors (Lipinski definition) is 3. The Morgan fingerprint density at radius 1 is 1.31 bits per heavy atom. The van der Waals surface area contributed by atoms with Crippen LogP contribution in [0.25, 0.3) is 0 Å². The number of allylic oxidation sites excluding steroid dienone is 1. The summed E-state index contributed by atoms with van der Waals surface area (Å²) in [4.78, 5) is 23.7. The Morgan fingerprint density at radius 3 is 2.44 bits per heavy atom. The Labute approximate surface area is 113 Å². The molecule has 3 nitrogen and oxygen atoms in total. The SMILES string of the molecule is O=C1NC(=O)C2(C(Cl)(Cl)Cl)CCC=CC12S. The second kappa shape index (κ2) is 3.55. The molecule has 1 N–H and O–H groups in total. The van der Waals surface area contributed by atoms with Crippen LogP contribution >= 0.6 is 47.4 Å². The molecule has 2 rings (SSSR count). The highest BCUT2D eigenvalue weighted by Crippen LogP contribution is 2.60. The number of thiol groups is 1. The number of nitrogens with one attached hydrogen (secondary N) is 1. The van der Waals surface area contributed by atoms with Gasteiger partial charge in [-0.05, 0) is 12.8 Å². The van der Waals surface area contributed by atoms with E-state index in [9.17, 15) is 9.59 Å². The molecule has 1 aliphatic heterocycles. The van der Waals surface area contributed by atoms with Gasteiger partial charge in [-0.25, -0.2) is 0 Å². The van der Waals surface area contributed by atoms with Crippen LogP contribution in [0.1, 0.15) is 12.8 Å². The number of alkyl halides is 3. The summed E-state index contributed by atoms with van der Waals surface area (Å²) in [6.45, 7) is 0. The van der Waals surface area contributed by atoms with Crippen molar-refractivity contribution in [2.75, 3.05) is 0 Å². The van der Waals surface area contributed by atoms with Crippen molar-refractivity contribution in [3.8, 4) is 0 Å². The summed E-state index contributed by atoms with van der Waals surface area (Å²) in [5.41, 5.74) is -1.43. The second-order valence-corrected chi connectivity index (χ2v) is 6.88. The Morgan fingerprint density at radius 2 is 1.94 bits per heavy atom. The van der Waals surface area contributed by atoms with E-state index in [1.807, 2.05) is 0 Å². The van der Waals surface area contributed by atoms with Gasteiger partial charge in [0, 0.05) is 0 Å². The van der Waals surface area contributed by atoms with Gasteiger partial charge in [0.05, 0.1) is 0 Å². The average molecular weight is 301 g/mol. The number of carbonyl (C=O) groups excluding carboxylic acids is 2. The van der Waals surface area contributed by atoms with E-state index >= 15 is 0 Å². The van der Waals surface area contributed by atoms with Gasteiger partial charge in [0.2, 0.25) is 15.6 Å². The first-order valence-corrected chi connectivity index (χ1v) is 6.16. The first-order valence-electron chi connectivity index (χ1n) is 4.58. The maximum absolute atomic E-state index is 11.9. The number of amides is 2. The molecular weight excluding hydrogens is 293 g/mol. The highest BCUT2D eigenvalue weighted by atomic mass is 35.6. The zero-order valence-corrected chi connectivity index (χ0v) is 11.1. The third-order valence-electron chi connectivity index (χ3n) is 3.14. The molecule has 2 aliphatic rings. The van der Waals surface area contributed by atoms with Gasteiger partial charge in [-0.15, -0.1) is 0 Å². The van der Waals surface area contributed by atoms with E-state index in [1.54, 1.807) is 6.08 Å². The van der Waals surface area contributed by atoms with E-state index in [2.05, 4.69) is 17.9 Å². The fourth-order valence-electron chi connectivity index (χ4n) is 2.23. The second-order valence-electron chi connectivity index (χ2n) is 3.89. The Bertz CT molecular complexity index is 406. The number of rotatable bonds is 0. The molecule has 88 valence electrons. The van der Waals surface area contributed by atoms with Crippen molar-refractivity contribution in [2.45, 2.75) is 21.4 Å². The van der Waals surface area contributed by atoms with Gasteiger partial charge in [-0.3, -0.25) is 14.9 Å². The van der Waals surface area contributed by atoms with Crippen LogP contribution in [0, 0.1) is 5.41 Å². The van der Waals surface area contributed by atoms with Gasteiger partial charge in [-0.2, -0.15) is 12.6 Å². The fourth-order valence-corrected chi connectivity index (χ4v) is 3.96. The topological polar surface area (TPSA) is 46.2 Å². The van der Waals surface area contributed by atoms with Crippen molar-refractivity contribution in [3.05, 3.63) is 12.2 Å². The van der Waals surface area contributed by atoms with Crippen molar-refractivity contribution >= 4 is 59.2 Å². The average Bonchev–Trinajstić information content (AvgIpc) is 2.35. The number of imide groups is 1. The van der Waals surface area contributed by atoms with Gasteiger partial charge in [0.15, 0.2) is 0 Å². The lowest BCUT2D eigenvalue weighted by Gasteiger charge is -2.43. The fraction of sp³-hybridized carbons (Fsp3) is 0.556. The molecule has 0 aromatic heterocycles. The van der Waals surface area contributed by atoms with Gasteiger partial charge in [-0.1, -0.05) is 47.0 Å². The molecule has 2 unspecified atom stereocenters. The quantitative estimate of drug-likeness (QED) is 0.311. The summed E-state index contributed by atoms with van der Waals surface area (Å²) in [6.07, 6.45) is 4.14. The molecule has 0 bridgehead atoms. The number of halogens is 3. The molecule has 7 heteroatoms. The summed E-state index contributed by atoms with van der Waals surface area (Å²) in [5.74, 6) is -1.11. The molecule has 0 aromatic carbocycles. The van der Waals surface area contributed by atoms with Crippen LogP contribution in [0.3, 0.4) is 0 Å². The zero-order valence-electron chi connectivity index (χ0n) is 7.97. The minimum Gasteiger partial charge on any atom is -0.294 e. The molecule has 0 radical (unpaired) electrons. The van der Waals surface area contributed by atoms with Gasteiger partial charge >= 0.3 is 0 Å². The lowest BCUT2D eigenvalue weighted by molar-refractivity contribution is -0.128. The highest BCUT2D eigenvalue weighted by Gasteiger charge is 2.72. The van der Waals surface area contributed by atoms with Crippen LogP contribution in [0.15, 0.2) is 12.2 Å². The first-order chi connectivity index (χ1) is 7.26. The summed E-state index contributed by atoms with van der Waals surface area (Å²) in [7, 11) is 0. The molecule has 1 aliphatic carbocycles. The maximum atomic E-state index is 11.9. The van der Waals surface area contributed by atoms with E-state index in [0.29, 0.717) is 6.42 Å². The van der Waals surface area contributed by atoms with E-state index in [4.69, 9.17) is 34.8 Å². The summed E-state index contributed by atoms with van der Waals surface area (Å²) >= 11 is 21.9. The molecule has 2 amide bonds. The van der Waals surface area contributed by atoms with Crippen LogP contribution in [0.5, 0.6) is 0 Å². The van der Waals surface area contributed by atoms with Gasteiger partial charge in [0.1, 0.15) is 10.2 Å². The normalized spacial score (nSPS) is 38.5. The van der Waals surface area contributed by atoms with Crippen molar-refractivity contribution in [1.82, 2.24) is 5.32 Å². The Kier molecular flexibility index (Phi) is 2.78. The minimum absolute atomic E-state index is 0.279. The zero-order chi connectivity index (χ0) is 12.2. The minimum atomic E-state index is -1.88. The predicted molar refractivity (Wildman–Crippen MR) is 66.0 cm³/mol. The molecule has 0 saturated carbocycles. The molecule has 1 fully saturated rings. The molecule has 1 saturated heterocycles. The van der Waals surface area contributed by atoms with Gasteiger partial charge < -0.3 is 0 Å². The summed E-state index contributed by atoms with van der Waals surface area (Å²) < 4.78 is -3.26. The van der Waals surface area contributed by atoms with Crippen LogP contribution in [0.4, 0.5) is 0 Å². The van der Waals surface area contributed by atoms with E-state index in [0.717, 1.165) is 0 Å². The van der Waals surface area contributed by atoms with Crippen molar-refractivity contribution in [2.24, 2.45) is 5.41 Å². The lowest BCUT2D eigenvalue weighted by Crippen LogP contribution is -2.55. The van der Waals surface area contributed by atoms with E-state index in [-0.39, 0.29) is 6.42 Å². The van der Waals surface area contributed by atoms with Crippen LogP contribution in [-0.2, 0) is 9.59 Å². The smallest absolute Gasteiger partial charge is 0.247 e. The van der Waals surface area contributed by atoms with Crippen LogP contribution in [-0.4, -0.2) is 20.4 Å². The van der Waals surface area contributed by atoms with Crippen molar-refractivity contribution in [3.63, 3.8) is 0 Å². The Hall–Kier alpha value is 0.1000. The lowest BCUT2D eigenvalue weighted by atomic mass is 9.71. The number of hydrogen-bond donors (Lipinski definition) is 2. The summed E-state index contributed by atoms with van der Waals surface area (Å²) in [5, 5.41) is 2.19. The first kappa shape index (κ1) is 12.6. The molecular formula is C9H8Cl3NO2S. The molecule has 16 heavy (non-hydrogen) atoms. The summed E-state index contributed by atoms with van der Waals surface area (Å²) in [6, 6.07) is 0. The number of carbonyl (C=O) groups is 2. The third-order valence-corrected chi connectivity index (χ3v) is 4.84. The van der Waals surface area contributed by atoms with Crippen molar-refractivity contribution in [1.29, 1.82) is 0 Å². The maximum Gasteiger partial charge on any atom is 0.247 e. The van der Waals surface area contributed by atoms with Crippen LogP contribution in [0.2, 0.25) is 0 Å². The Balaban J connectivity index is 2.68. The molecule has 2 atom stereocenters. The molecule has 1 heterocycles. The third kappa shape index (κ3) is 1.30. The van der Waals surface area contributed by atoms with Gasteiger partial charge in [0.25, 0.3) is 0 Å². The standard InChI is InChI=1S/C9H8Cl3NO2S/c10-9(11,12)7-3-1-2-4-8(7,16)6(15)13-5(7)14/h2,4,16H,1,3H2,(H,13,14,15). The largest absolute Gasteiger partial charge is 0.294 e. The van der Waals surface area contributed by atoms with Crippen LogP contribution < -0.4 is 5.32 Å².